The Morgan fingerprint density at radius 3 is 2.86 bits per heavy atom. The first-order chi connectivity index (χ1) is 13.3. The van der Waals surface area contributed by atoms with Gasteiger partial charge in [-0.05, 0) is 12.1 Å². The molecule has 150 valence electrons. The molecule has 0 saturated heterocycles. The van der Waals surface area contributed by atoms with Crippen LogP contribution < -0.4 is 0 Å². The Balaban J connectivity index is 1.99. The number of pyridine rings is 1. The number of thioether (sulfide) groups is 2. The smallest absolute Gasteiger partial charge is 0.294 e. The number of terminal acetylenes is 1. The summed E-state index contributed by atoms with van der Waals surface area (Å²) in [4.78, 5) is 22.5. The van der Waals surface area contributed by atoms with Gasteiger partial charge in [0.25, 0.3) is 0 Å². The zero-order valence-electron chi connectivity index (χ0n) is 14.7. The zero-order valence-corrected chi connectivity index (χ0v) is 17.1. The minimum absolute atomic E-state index is 0.0188. The molecular weight excluding hydrogens is 431 g/mol. The minimum Gasteiger partial charge on any atom is -0.294 e. The van der Waals surface area contributed by atoms with Crippen LogP contribution in [0.25, 0.3) is 0 Å². The van der Waals surface area contributed by atoms with Gasteiger partial charge in [-0.3, -0.25) is 19.7 Å². The van der Waals surface area contributed by atoms with Crippen LogP contribution in [0.4, 0.5) is 13.2 Å². The van der Waals surface area contributed by atoms with Crippen LogP contribution in [-0.4, -0.2) is 51.6 Å². The summed E-state index contributed by atoms with van der Waals surface area (Å²) in [7, 11) is 0. The molecule has 0 radical (unpaired) electrons. The van der Waals surface area contributed by atoms with Crippen molar-refractivity contribution >= 4 is 46.1 Å². The molecule has 1 amide bonds. The highest BCUT2D eigenvalue weighted by Gasteiger charge is 2.27. The lowest BCUT2D eigenvalue weighted by Crippen LogP contribution is -2.32. The Bertz CT molecular complexity index is 792. The van der Waals surface area contributed by atoms with E-state index in [0.717, 1.165) is 17.3 Å². The maximum absolute atomic E-state index is 12.6. The van der Waals surface area contributed by atoms with E-state index in [9.17, 15) is 18.0 Å². The fourth-order valence-electron chi connectivity index (χ4n) is 2.18. The van der Waals surface area contributed by atoms with E-state index in [2.05, 4.69) is 15.9 Å². The van der Waals surface area contributed by atoms with E-state index in [1.165, 1.54) is 16.7 Å². The normalized spacial score (nSPS) is 14.5. The Labute approximate surface area is 175 Å². The fraction of sp³-hybridized carbons (Fsp3) is 0.389. The van der Waals surface area contributed by atoms with Crippen LogP contribution in [-0.2, 0) is 4.79 Å². The fourth-order valence-corrected chi connectivity index (χ4v) is 4.36. The van der Waals surface area contributed by atoms with E-state index in [1.807, 2.05) is 6.07 Å². The predicted octanol–water partition coefficient (Wildman–Crippen LogP) is 4.52. The van der Waals surface area contributed by atoms with Crippen molar-refractivity contribution in [3.8, 4) is 12.3 Å². The number of hydrogen-bond acceptors (Lipinski definition) is 5. The number of amides is 1. The average molecular weight is 448 g/mol. The van der Waals surface area contributed by atoms with Crippen LogP contribution in [0.1, 0.15) is 18.4 Å². The van der Waals surface area contributed by atoms with Gasteiger partial charge in [0.2, 0.25) is 5.91 Å². The van der Waals surface area contributed by atoms with Crippen LogP contribution in [0.15, 0.2) is 39.6 Å². The molecule has 0 fully saturated rings. The zero-order chi connectivity index (χ0) is 20.6. The quantitative estimate of drug-likeness (QED) is 0.434. The largest absolute Gasteiger partial charge is 0.389 e. The first-order valence-corrected chi connectivity index (χ1v) is 10.6. The maximum atomic E-state index is 12.6. The first-order valence-electron chi connectivity index (χ1n) is 8.21. The molecule has 0 aliphatic carbocycles. The molecule has 0 atom stereocenters. The summed E-state index contributed by atoms with van der Waals surface area (Å²) in [5, 5.41) is 1.56. The molecule has 0 unspecified atom stereocenters. The molecule has 0 aromatic carbocycles. The number of carbonyl (C=O) groups excluding carboxylic acids is 1. The third kappa shape index (κ3) is 7.08. The van der Waals surface area contributed by atoms with E-state index < -0.39 is 12.6 Å². The van der Waals surface area contributed by atoms with Crippen molar-refractivity contribution in [1.82, 2.24) is 9.88 Å². The Kier molecular flexibility index (Phi) is 8.73. The standard InChI is InChI=1S/C18H17ClF3N3OS2/c1-2-8-25(15(26)5-9-27-10-6-18(20,21)22)17-14(19)12-24-16(28-17)13-4-3-7-23-11-13/h1,3-4,7,11H,5-6,8-10,12H2. The monoisotopic (exact) mass is 447 g/mol. The third-order valence-electron chi connectivity index (χ3n) is 3.48. The second-order valence-corrected chi connectivity index (χ2v) is 8.25. The molecule has 0 N–H and O–H groups in total. The maximum Gasteiger partial charge on any atom is 0.389 e. The first kappa shape index (κ1) is 22.7. The van der Waals surface area contributed by atoms with Crippen molar-refractivity contribution in [3.05, 3.63) is 40.2 Å². The summed E-state index contributed by atoms with van der Waals surface area (Å²) in [6.45, 7) is 0.230. The topological polar surface area (TPSA) is 45.6 Å². The summed E-state index contributed by atoms with van der Waals surface area (Å²) in [5.41, 5.74) is 0.796. The molecule has 1 aromatic rings. The third-order valence-corrected chi connectivity index (χ3v) is 6.10. The number of halogens is 4. The Morgan fingerprint density at radius 2 is 2.21 bits per heavy atom. The lowest BCUT2D eigenvalue weighted by atomic mass is 10.3. The number of alkyl halides is 3. The van der Waals surface area contributed by atoms with Gasteiger partial charge in [0.05, 0.1) is 24.5 Å². The molecule has 10 heteroatoms. The second kappa shape index (κ2) is 10.8. The van der Waals surface area contributed by atoms with Gasteiger partial charge in [0.15, 0.2) is 0 Å². The van der Waals surface area contributed by atoms with Gasteiger partial charge in [-0.1, -0.05) is 29.3 Å². The molecule has 0 spiro atoms. The number of aliphatic imine (C=N–C) groups is 1. The highest BCUT2D eigenvalue weighted by molar-refractivity contribution is 8.17. The molecule has 0 bridgehead atoms. The molecule has 0 saturated carbocycles. The second-order valence-electron chi connectivity index (χ2n) is 5.59. The van der Waals surface area contributed by atoms with Gasteiger partial charge in [-0.2, -0.15) is 24.9 Å². The molecule has 2 rings (SSSR count). The van der Waals surface area contributed by atoms with Crippen molar-refractivity contribution in [2.45, 2.75) is 19.0 Å². The number of nitrogens with zero attached hydrogens (tertiary/aromatic N) is 3. The van der Waals surface area contributed by atoms with Crippen molar-refractivity contribution < 1.29 is 18.0 Å². The summed E-state index contributed by atoms with van der Waals surface area (Å²) in [6, 6.07) is 3.63. The number of hydrogen-bond donors (Lipinski definition) is 0. The van der Waals surface area contributed by atoms with E-state index in [1.54, 1.807) is 18.5 Å². The lowest BCUT2D eigenvalue weighted by molar-refractivity contribution is -0.129. The van der Waals surface area contributed by atoms with Crippen molar-refractivity contribution in [2.24, 2.45) is 4.99 Å². The number of aromatic nitrogens is 1. The number of rotatable bonds is 8. The van der Waals surface area contributed by atoms with E-state index in [4.69, 9.17) is 18.0 Å². The SMILES string of the molecule is C#CCN(C(=O)CCSCCC(F)(F)F)C1=C(Cl)CN=C(c2cccnc2)S1. The lowest BCUT2D eigenvalue weighted by Gasteiger charge is -2.26. The van der Waals surface area contributed by atoms with Gasteiger partial charge in [-0.15, -0.1) is 6.42 Å². The highest BCUT2D eigenvalue weighted by atomic mass is 35.5. The predicted molar refractivity (Wildman–Crippen MR) is 109 cm³/mol. The van der Waals surface area contributed by atoms with Gasteiger partial charge < -0.3 is 0 Å². The average Bonchev–Trinajstić information content (AvgIpc) is 2.66. The molecule has 1 aromatic heterocycles. The summed E-state index contributed by atoms with van der Waals surface area (Å²) < 4.78 is 36.5. The molecular formula is C18H17ClF3N3OS2. The van der Waals surface area contributed by atoms with Crippen molar-refractivity contribution in [2.75, 3.05) is 24.6 Å². The molecule has 28 heavy (non-hydrogen) atoms. The van der Waals surface area contributed by atoms with Crippen LogP contribution >= 0.6 is 35.1 Å². The van der Waals surface area contributed by atoms with Crippen molar-refractivity contribution in [1.29, 1.82) is 0 Å². The van der Waals surface area contributed by atoms with Crippen LogP contribution in [0.5, 0.6) is 0 Å². The van der Waals surface area contributed by atoms with Crippen LogP contribution in [0.2, 0.25) is 0 Å². The van der Waals surface area contributed by atoms with E-state index in [-0.39, 0.29) is 36.9 Å². The molecule has 4 nitrogen and oxygen atoms in total. The van der Waals surface area contributed by atoms with E-state index >= 15 is 0 Å². The Hall–Kier alpha value is -1.63. The van der Waals surface area contributed by atoms with Crippen molar-refractivity contribution in [3.63, 3.8) is 0 Å². The van der Waals surface area contributed by atoms with Crippen LogP contribution in [0.3, 0.4) is 0 Å². The van der Waals surface area contributed by atoms with Gasteiger partial charge in [-0.25, -0.2) is 0 Å². The Morgan fingerprint density at radius 1 is 1.43 bits per heavy atom. The summed E-state index contributed by atoms with van der Waals surface area (Å²) in [6.07, 6.45) is 3.71. The minimum atomic E-state index is -4.19. The number of carbonyl (C=O) groups is 1. The van der Waals surface area contributed by atoms with Gasteiger partial charge in [0.1, 0.15) is 10.1 Å². The molecule has 2 heterocycles. The summed E-state index contributed by atoms with van der Waals surface area (Å²) >= 11 is 8.60. The summed E-state index contributed by atoms with van der Waals surface area (Å²) in [5.74, 6) is 2.34. The molecule has 1 aliphatic rings. The van der Waals surface area contributed by atoms with E-state index in [0.29, 0.717) is 15.1 Å². The highest BCUT2D eigenvalue weighted by Crippen LogP contribution is 2.34. The van der Waals surface area contributed by atoms with Gasteiger partial charge in [0, 0.05) is 35.9 Å². The van der Waals surface area contributed by atoms with Gasteiger partial charge >= 0.3 is 6.18 Å². The molecule has 1 aliphatic heterocycles. The van der Waals surface area contributed by atoms with Crippen LogP contribution in [0, 0.1) is 12.3 Å².